The first-order valence-electron chi connectivity index (χ1n) is 8.96. The zero-order valence-corrected chi connectivity index (χ0v) is 18.8. The van der Waals surface area contributed by atoms with Crippen molar-refractivity contribution < 1.29 is 32.3 Å². The Morgan fingerprint density at radius 3 is 2.25 bits per heavy atom. The SMILES string of the molecule is COC(=O)c1cc(NC(=O)CN(C)S(=O)(=O)c2cccc3nsnc23)cc(C(=O)OC)c1. The van der Waals surface area contributed by atoms with Crippen molar-refractivity contribution in [2.75, 3.05) is 33.1 Å². The summed E-state index contributed by atoms with van der Waals surface area (Å²) in [5, 5.41) is 2.48. The molecular formula is C19H18N4O7S2. The third-order valence-corrected chi connectivity index (χ3v) is 6.74. The fourth-order valence-corrected chi connectivity index (χ4v) is 4.69. The molecule has 0 unspecified atom stereocenters. The molecule has 0 aliphatic carbocycles. The predicted octanol–water partition coefficient (Wildman–Crippen LogP) is 1.52. The van der Waals surface area contributed by atoms with Crippen molar-refractivity contribution >= 4 is 56.3 Å². The van der Waals surface area contributed by atoms with Crippen molar-refractivity contribution in [2.24, 2.45) is 0 Å². The maximum atomic E-state index is 13.0. The Kier molecular flexibility index (Phi) is 6.81. The normalized spacial score (nSPS) is 11.4. The van der Waals surface area contributed by atoms with Gasteiger partial charge in [-0.25, -0.2) is 18.0 Å². The average molecular weight is 479 g/mol. The number of aromatic nitrogens is 2. The zero-order chi connectivity index (χ0) is 23.5. The summed E-state index contributed by atoms with van der Waals surface area (Å²) in [5.74, 6) is -2.15. The number of hydrogen-bond donors (Lipinski definition) is 1. The molecule has 13 heteroatoms. The molecule has 11 nitrogen and oxygen atoms in total. The van der Waals surface area contributed by atoms with Crippen molar-refractivity contribution in [1.82, 2.24) is 13.1 Å². The van der Waals surface area contributed by atoms with Gasteiger partial charge in [0, 0.05) is 12.7 Å². The average Bonchev–Trinajstić information content (AvgIpc) is 3.26. The summed E-state index contributed by atoms with van der Waals surface area (Å²) in [6.07, 6.45) is 0. The number of rotatable bonds is 7. The number of ether oxygens (including phenoxy) is 2. The summed E-state index contributed by atoms with van der Waals surface area (Å²) in [7, 11) is -0.457. The van der Waals surface area contributed by atoms with Gasteiger partial charge in [0.15, 0.2) is 0 Å². The number of anilines is 1. The van der Waals surface area contributed by atoms with Crippen LogP contribution in [0.3, 0.4) is 0 Å². The van der Waals surface area contributed by atoms with Gasteiger partial charge in [-0.05, 0) is 30.3 Å². The van der Waals surface area contributed by atoms with E-state index in [4.69, 9.17) is 0 Å². The molecular weight excluding hydrogens is 460 g/mol. The summed E-state index contributed by atoms with van der Waals surface area (Å²) >= 11 is 0.884. The van der Waals surface area contributed by atoms with Gasteiger partial charge in [-0.1, -0.05) is 6.07 Å². The first-order valence-corrected chi connectivity index (χ1v) is 11.1. The largest absolute Gasteiger partial charge is 0.465 e. The number of fused-ring (bicyclic) bond motifs is 1. The van der Waals surface area contributed by atoms with Crippen LogP contribution in [0.25, 0.3) is 11.0 Å². The highest BCUT2D eigenvalue weighted by molar-refractivity contribution is 7.89. The van der Waals surface area contributed by atoms with Crippen LogP contribution in [0.15, 0.2) is 41.3 Å². The van der Waals surface area contributed by atoms with Crippen LogP contribution in [-0.2, 0) is 24.3 Å². The molecule has 0 radical (unpaired) electrons. The summed E-state index contributed by atoms with van der Waals surface area (Å²) in [6.45, 7) is -0.535. The van der Waals surface area contributed by atoms with Crippen molar-refractivity contribution in [2.45, 2.75) is 4.90 Å². The molecule has 0 bridgehead atoms. The van der Waals surface area contributed by atoms with Crippen LogP contribution in [0.2, 0.25) is 0 Å². The number of carbonyl (C=O) groups excluding carboxylic acids is 3. The highest BCUT2D eigenvalue weighted by Crippen LogP contribution is 2.24. The molecule has 0 saturated heterocycles. The van der Waals surface area contributed by atoms with Crippen LogP contribution >= 0.6 is 11.7 Å². The molecule has 2 aromatic carbocycles. The molecule has 0 aliphatic heterocycles. The third kappa shape index (κ3) is 4.74. The smallest absolute Gasteiger partial charge is 0.337 e. The van der Waals surface area contributed by atoms with Gasteiger partial charge in [-0.2, -0.15) is 13.1 Å². The standard InChI is InChI=1S/C19H18N4O7S2/c1-23(32(27,28)15-6-4-5-14-17(15)22-31-21-14)10-16(24)20-13-8-11(18(25)29-2)7-12(9-13)19(26)30-3/h4-9H,10H2,1-3H3,(H,20,24). The van der Waals surface area contributed by atoms with Crippen molar-refractivity contribution in [3.63, 3.8) is 0 Å². The highest BCUT2D eigenvalue weighted by Gasteiger charge is 2.26. The van der Waals surface area contributed by atoms with Crippen molar-refractivity contribution in [1.29, 1.82) is 0 Å². The van der Waals surface area contributed by atoms with Crippen LogP contribution in [0.1, 0.15) is 20.7 Å². The molecule has 3 rings (SSSR count). The number of hydrogen-bond acceptors (Lipinski definition) is 10. The van der Waals surface area contributed by atoms with Gasteiger partial charge in [-0.3, -0.25) is 4.79 Å². The molecule has 1 N–H and O–H groups in total. The van der Waals surface area contributed by atoms with Crippen LogP contribution in [0.4, 0.5) is 5.69 Å². The van der Waals surface area contributed by atoms with E-state index in [1.165, 1.54) is 51.6 Å². The molecule has 0 fully saturated rings. The zero-order valence-electron chi connectivity index (χ0n) is 17.2. The molecule has 1 aromatic heterocycles. The van der Waals surface area contributed by atoms with E-state index in [1.54, 1.807) is 6.07 Å². The molecule has 32 heavy (non-hydrogen) atoms. The minimum Gasteiger partial charge on any atom is -0.465 e. The van der Waals surface area contributed by atoms with Gasteiger partial charge < -0.3 is 14.8 Å². The van der Waals surface area contributed by atoms with Crippen molar-refractivity contribution in [3.8, 4) is 0 Å². The van der Waals surface area contributed by atoms with Gasteiger partial charge in [0.05, 0.1) is 43.6 Å². The molecule has 1 amide bonds. The Balaban J connectivity index is 1.82. The quantitative estimate of drug-likeness (QED) is 0.500. The van der Waals surface area contributed by atoms with Gasteiger partial charge in [0.25, 0.3) is 0 Å². The fourth-order valence-electron chi connectivity index (χ4n) is 2.82. The third-order valence-electron chi connectivity index (χ3n) is 4.36. The van der Waals surface area contributed by atoms with Crippen molar-refractivity contribution in [3.05, 3.63) is 47.5 Å². The van der Waals surface area contributed by atoms with E-state index >= 15 is 0 Å². The highest BCUT2D eigenvalue weighted by atomic mass is 32.2. The Labute approximate surface area is 187 Å². The van der Waals surface area contributed by atoms with Crippen LogP contribution < -0.4 is 5.32 Å². The lowest BCUT2D eigenvalue weighted by molar-refractivity contribution is -0.116. The first kappa shape index (κ1) is 23.2. The van der Waals surface area contributed by atoms with E-state index in [1.807, 2.05) is 0 Å². The Hall–Kier alpha value is -3.42. The summed E-state index contributed by atoms with van der Waals surface area (Å²) in [5.41, 5.74) is 0.765. The summed E-state index contributed by atoms with van der Waals surface area (Å²) < 4.78 is 44.1. The van der Waals surface area contributed by atoms with Gasteiger partial charge in [-0.15, -0.1) is 0 Å². The maximum Gasteiger partial charge on any atom is 0.337 e. The monoisotopic (exact) mass is 478 g/mol. The molecule has 0 atom stereocenters. The summed E-state index contributed by atoms with van der Waals surface area (Å²) in [4.78, 5) is 36.2. The molecule has 0 spiro atoms. The number of nitrogens with zero attached hydrogens (tertiary/aromatic N) is 3. The van der Waals surface area contributed by atoms with E-state index in [0.717, 1.165) is 16.0 Å². The number of carbonyl (C=O) groups is 3. The minimum atomic E-state index is -4.05. The lowest BCUT2D eigenvalue weighted by Crippen LogP contribution is -2.35. The summed E-state index contributed by atoms with van der Waals surface area (Å²) in [6, 6.07) is 8.41. The van der Waals surface area contributed by atoms with Gasteiger partial charge in [0.2, 0.25) is 15.9 Å². The van der Waals surface area contributed by atoms with E-state index in [0.29, 0.717) is 5.52 Å². The van der Waals surface area contributed by atoms with E-state index in [2.05, 4.69) is 23.5 Å². The lowest BCUT2D eigenvalue weighted by Gasteiger charge is -2.17. The number of esters is 2. The Morgan fingerprint density at radius 1 is 1.03 bits per heavy atom. The topological polar surface area (TPSA) is 145 Å². The minimum absolute atomic E-state index is 0.00869. The van der Waals surface area contributed by atoms with E-state index in [9.17, 15) is 22.8 Å². The van der Waals surface area contributed by atoms with Gasteiger partial charge >= 0.3 is 11.9 Å². The number of amides is 1. The number of methoxy groups -OCH3 is 2. The second-order valence-corrected chi connectivity index (χ2v) is 9.02. The molecule has 1 heterocycles. The second-order valence-electron chi connectivity index (χ2n) is 6.48. The lowest BCUT2D eigenvalue weighted by atomic mass is 10.1. The van der Waals surface area contributed by atoms with E-state index in [-0.39, 0.29) is 27.2 Å². The number of likely N-dealkylation sites (N-methyl/N-ethyl adjacent to an activating group) is 1. The number of benzene rings is 2. The molecule has 168 valence electrons. The molecule has 3 aromatic rings. The second kappa shape index (κ2) is 9.38. The van der Waals surface area contributed by atoms with E-state index < -0.39 is 34.4 Å². The van der Waals surface area contributed by atoms with Gasteiger partial charge in [0.1, 0.15) is 15.9 Å². The van der Waals surface area contributed by atoms with Crippen LogP contribution in [0, 0.1) is 0 Å². The van der Waals surface area contributed by atoms with Crippen LogP contribution in [-0.4, -0.2) is 67.1 Å². The maximum absolute atomic E-state index is 13.0. The predicted molar refractivity (Wildman–Crippen MR) is 115 cm³/mol. The Bertz CT molecular complexity index is 1270. The molecule has 0 saturated carbocycles. The Morgan fingerprint density at radius 2 is 1.66 bits per heavy atom. The fraction of sp³-hybridized carbons (Fsp3) is 0.211. The number of nitrogens with one attached hydrogen (secondary N) is 1. The molecule has 0 aliphatic rings. The number of sulfonamides is 1. The first-order chi connectivity index (χ1) is 15.2. The van der Waals surface area contributed by atoms with Crippen LogP contribution in [0.5, 0.6) is 0 Å².